The highest BCUT2D eigenvalue weighted by Gasteiger charge is 2.31. The fourth-order valence-corrected chi connectivity index (χ4v) is 6.39. The lowest BCUT2D eigenvalue weighted by Crippen LogP contribution is -2.29. The maximum Gasteiger partial charge on any atom is 0.376 e. The first kappa shape index (κ1) is 35.4. The zero-order chi connectivity index (χ0) is 35.1. The van der Waals surface area contributed by atoms with Crippen molar-refractivity contribution in [2.45, 2.75) is 31.1 Å². The highest BCUT2D eigenvalue weighted by atomic mass is 32.2. The molecule has 1 aliphatic carbocycles. The minimum Gasteiger partial charge on any atom is -0.507 e. The molecule has 14 heteroatoms. The van der Waals surface area contributed by atoms with Crippen LogP contribution in [0, 0.1) is 5.82 Å². The van der Waals surface area contributed by atoms with E-state index >= 15 is 0 Å². The molecule has 4 aromatic rings. The molecular weight excluding hydrogens is 659 g/mol. The van der Waals surface area contributed by atoms with Gasteiger partial charge in [0, 0.05) is 36.2 Å². The number of ketones is 1. The predicted molar refractivity (Wildman–Crippen MR) is 178 cm³/mol. The molecule has 0 radical (unpaired) electrons. The van der Waals surface area contributed by atoms with Crippen molar-refractivity contribution in [2.24, 2.45) is 0 Å². The van der Waals surface area contributed by atoms with Crippen LogP contribution in [-0.4, -0.2) is 69.7 Å². The standard InChI is InChI=1S/C35H35FN2O10S/c1-37-34(41)32-28-17-27(22-6-7-22)25(16-31(28)48-33(32)24-8-10-26(36)11-9-24)20-49(44,45)38-12-13-46-14-15-47-19-21-2-4-23(5-3-21)29(39)18-30(40)35(42)43/h2-5,8-11,16-18,22,38-39H,6-7,12-15,19-20H2,1H3,(H,37,41)(H,42,43)/b29-18-. The molecule has 1 amide bonds. The second kappa shape index (κ2) is 15.6. The second-order valence-electron chi connectivity index (χ2n) is 11.4. The first-order valence-corrected chi connectivity index (χ1v) is 17.1. The van der Waals surface area contributed by atoms with Gasteiger partial charge in [0.15, 0.2) is 0 Å². The van der Waals surface area contributed by atoms with Crippen LogP contribution in [0.3, 0.4) is 0 Å². The van der Waals surface area contributed by atoms with Gasteiger partial charge in [-0.1, -0.05) is 24.3 Å². The van der Waals surface area contributed by atoms with Crippen LogP contribution in [0.25, 0.3) is 28.1 Å². The highest BCUT2D eigenvalue weighted by molar-refractivity contribution is 7.88. The smallest absolute Gasteiger partial charge is 0.376 e. The number of rotatable bonds is 17. The third-order valence-corrected chi connectivity index (χ3v) is 9.15. The quantitative estimate of drug-likeness (QED) is 0.0524. The van der Waals surface area contributed by atoms with Crippen LogP contribution in [0.2, 0.25) is 0 Å². The molecule has 0 spiro atoms. The number of sulfonamides is 1. The summed E-state index contributed by atoms with van der Waals surface area (Å²) in [6.45, 7) is 0.835. The molecule has 1 saturated carbocycles. The number of nitrogens with one attached hydrogen (secondary N) is 2. The zero-order valence-corrected chi connectivity index (χ0v) is 27.3. The second-order valence-corrected chi connectivity index (χ2v) is 13.2. The summed E-state index contributed by atoms with van der Waals surface area (Å²) in [5.41, 5.74) is 3.65. The summed E-state index contributed by atoms with van der Waals surface area (Å²) in [5.74, 6) is -3.99. The summed E-state index contributed by atoms with van der Waals surface area (Å²) in [7, 11) is -2.25. The lowest BCUT2D eigenvalue weighted by molar-refractivity contribution is -0.146. The van der Waals surface area contributed by atoms with Crippen LogP contribution in [0.1, 0.15) is 51.4 Å². The Labute approximate surface area is 281 Å². The Kier molecular flexibility index (Phi) is 11.2. The Balaban J connectivity index is 1.13. The molecule has 3 aromatic carbocycles. The van der Waals surface area contributed by atoms with E-state index in [-0.39, 0.29) is 61.9 Å². The van der Waals surface area contributed by atoms with E-state index in [0.29, 0.717) is 33.7 Å². The van der Waals surface area contributed by atoms with Gasteiger partial charge >= 0.3 is 5.97 Å². The average Bonchev–Trinajstić information content (AvgIpc) is 3.86. The van der Waals surface area contributed by atoms with Crippen LogP contribution in [0.5, 0.6) is 0 Å². The average molecular weight is 695 g/mol. The highest BCUT2D eigenvalue weighted by Crippen LogP contribution is 2.45. The number of carboxylic acids is 1. The molecular formula is C35H35FN2O10S. The molecule has 0 atom stereocenters. The number of aliphatic carboxylic acids is 1. The maximum atomic E-state index is 13.6. The van der Waals surface area contributed by atoms with Gasteiger partial charge in [0.2, 0.25) is 10.0 Å². The first-order chi connectivity index (χ1) is 23.5. The van der Waals surface area contributed by atoms with E-state index in [1.54, 1.807) is 18.2 Å². The third kappa shape index (κ3) is 9.18. The number of furan rings is 1. The summed E-state index contributed by atoms with van der Waals surface area (Å²) in [5, 5.41) is 21.7. The van der Waals surface area contributed by atoms with Crippen molar-refractivity contribution in [3.63, 3.8) is 0 Å². The van der Waals surface area contributed by atoms with Crippen molar-refractivity contribution in [3.8, 4) is 11.3 Å². The van der Waals surface area contributed by atoms with Gasteiger partial charge in [-0.2, -0.15) is 0 Å². The number of aliphatic hydroxyl groups excluding tert-OH is 1. The Bertz CT molecular complexity index is 1980. The van der Waals surface area contributed by atoms with Gasteiger partial charge in [-0.05, 0) is 71.8 Å². The predicted octanol–water partition coefficient (Wildman–Crippen LogP) is 4.68. The number of amides is 1. The minimum atomic E-state index is -3.76. The number of aliphatic hydroxyl groups is 1. The number of carboxylic acid groups (broad SMARTS) is 1. The van der Waals surface area contributed by atoms with E-state index in [2.05, 4.69) is 10.0 Å². The Morgan fingerprint density at radius 2 is 1.67 bits per heavy atom. The number of carbonyl (C=O) groups excluding carboxylic acids is 2. The summed E-state index contributed by atoms with van der Waals surface area (Å²) in [6.07, 6.45) is 2.44. The molecule has 0 unspecified atom stereocenters. The number of hydrogen-bond donors (Lipinski definition) is 4. The number of ether oxygens (including phenoxy) is 2. The van der Waals surface area contributed by atoms with Crippen molar-refractivity contribution < 1.29 is 51.3 Å². The lowest BCUT2D eigenvalue weighted by Gasteiger charge is -2.12. The van der Waals surface area contributed by atoms with Gasteiger partial charge in [-0.3, -0.25) is 9.59 Å². The normalized spacial score (nSPS) is 13.5. The van der Waals surface area contributed by atoms with Crippen LogP contribution < -0.4 is 10.0 Å². The Morgan fingerprint density at radius 3 is 2.33 bits per heavy atom. The van der Waals surface area contributed by atoms with E-state index in [0.717, 1.165) is 24.0 Å². The van der Waals surface area contributed by atoms with Crippen LogP contribution in [0.15, 0.2) is 71.2 Å². The van der Waals surface area contributed by atoms with E-state index in [9.17, 15) is 32.3 Å². The molecule has 1 heterocycles. The molecule has 0 aliphatic heterocycles. The fraction of sp³-hybridized carbons (Fsp3) is 0.286. The van der Waals surface area contributed by atoms with Gasteiger partial charge in [-0.25, -0.2) is 22.3 Å². The van der Waals surface area contributed by atoms with Crippen molar-refractivity contribution in [2.75, 3.05) is 33.4 Å². The zero-order valence-electron chi connectivity index (χ0n) is 26.5. The molecule has 1 aromatic heterocycles. The van der Waals surface area contributed by atoms with E-state index in [4.69, 9.17) is 19.0 Å². The monoisotopic (exact) mass is 694 g/mol. The maximum absolute atomic E-state index is 13.6. The molecule has 12 nitrogen and oxygen atoms in total. The first-order valence-electron chi connectivity index (χ1n) is 15.4. The van der Waals surface area contributed by atoms with Crippen molar-refractivity contribution in [3.05, 3.63) is 100 Å². The topological polar surface area (TPSA) is 181 Å². The van der Waals surface area contributed by atoms with E-state index < -0.39 is 33.4 Å². The lowest BCUT2D eigenvalue weighted by atomic mass is 9.98. The van der Waals surface area contributed by atoms with E-state index in [1.807, 2.05) is 6.07 Å². The van der Waals surface area contributed by atoms with Crippen LogP contribution >= 0.6 is 0 Å². The van der Waals surface area contributed by atoms with Gasteiger partial charge in [0.05, 0.1) is 37.7 Å². The number of benzene rings is 3. The summed E-state index contributed by atoms with van der Waals surface area (Å²) in [6, 6.07) is 15.5. The summed E-state index contributed by atoms with van der Waals surface area (Å²) >= 11 is 0. The minimum absolute atomic E-state index is 0.0441. The fourth-order valence-electron chi connectivity index (χ4n) is 5.23. The van der Waals surface area contributed by atoms with Crippen LogP contribution in [0.4, 0.5) is 4.39 Å². The SMILES string of the molecule is CNC(=O)c1c(-c2ccc(F)cc2)oc2cc(CS(=O)(=O)NCCOCCOCc3ccc(/C(O)=C/C(=O)C(=O)O)cc3)c(C3CC3)cc12. The summed E-state index contributed by atoms with van der Waals surface area (Å²) < 4.78 is 59.4. The molecule has 1 fully saturated rings. The van der Waals surface area contributed by atoms with Crippen LogP contribution in [-0.2, 0) is 41.4 Å². The molecule has 5 rings (SSSR count). The molecule has 0 bridgehead atoms. The third-order valence-electron chi connectivity index (χ3n) is 7.81. The summed E-state index contributed by atoms with van der Waals surface area (Å²) in [4.78, 5) is 34.8. The Morgan fingerprint density at radius 1 is 0.980 bits per heavy atom. The van der Waals surface area contributed by atoms with Crippen molar-refractivity contribution >= 4 is 44.4 Å². The van der Waals surface area contributed by atoms with Crippen molar-refractivity contribution in [1.29, 1.82) is 0 Å². The molecule has 1 aliphatic rings. The Hall–Kier alpha value is -4.89. The molecule has 258 valence electrons. The number of carbonyl (C=O) groups is 3. The van der Waals surface area contributed by atoms with Gasteiger partial charge in [-0.15, -0.1) is 0 Å². The molecule has 4 N–H and O–H groups in total. The number of hydrogen-bond acceptors (Lipinski definition) is 9. The van der Waals surface area contributed by atoms with Gasteiger partial charge in [0.25, 0.3) is 11.7 Å². The van der Waals surface area contributed by atoms with Gasteiger partial charge < -0.3 is 29.4 Å². The molecule has 0 saturated heterocycles. The van der Waals surface area contributed by atoms with Gasteiger partial charge in [0.1, 0.15) is 22.9 Å². The number of halogens is 1. The number of fused-ring (bicyclic) bond motifs is 1. The molecule has 49 heavy (non-hydrogen) atoms. The van der Waals surface area contributed by atoms with E-state index in [1.165, 1.54) is 43.4 Å². The van der Waals surface area contributed by atoms with Crippen molar-refractivity contribution in [1.82, 2.24) is 10.0 Å². The largest absolute Gasteiger partial charge is 0.507 e.